The Morgan fingerprint density at radius 3 is 1.88 bits per heavy atom. The molecule has 1 heterocycles. The summed E-state index contributed by atoms with van der Waals surface area (Å²) in [4.78, 5) is 0. The van der Waals surface area contributed by atoms with Crippen molar-refractivity contribution in [1.82, 2.24) is 0 Å². The summed E-state index contributed by atoms with van der Waals surface area (Å²) in [5, 5.41) is 0. The fourth-order valence-corrected chi connectivity index (χ4v) is 3.49. The molecular weight excluding hydrogens is 330 g/mol. The Labute approximate surface area is 152 Å². The van der Waals surface area contributed by atoms with E-state index in [4.69, 9.17) is 4.74 Å². The quantitative estimate of drug-likeness (QED) is 0.521. The van der Waals surface area contributed by atoms with Crippen LogP contribution >= 0.6 is 0 Å². The van der Waals surface area contributed by atoms with E-state index in [0.717, 1.165) is 31.4 Å². The van der Waals surface area contributed by atoms with Gasteiger partial charge >= 0.3 is 0 Å². The summed E-state index contributed by atoms with van der Waals surface area (Å²) in [6.07, 6.45) is 3.38. The average Bonchev–Trinajstić information content (AvgIpc) is 2.71. The normalized spacial score (nSPS) is 17.2. The maximum Gasteiger partial charge on any atom is 0.167 e. The molecule has 4 rings (SSSR count). The van der Waals surface area contributed by atoms with Crippen molar-refractivity contribution in [2.75, 3.05) is 6.61 Å². The molecule has 1 fully saturated rings. The first-order valence-electron chi connectivity index (χ1n) is 8.99. The van der Waals surface area contributed by atoms with Gasteiger partial charge in [0.15, 0.2) is 11.6 Å². The van der Waals surface area contributed by atoms with Crippen LogP contribution < -0.4 is 0 Å². The van der Waals surface area contributed by atoms with Gasteiger partial charge in [0.1, 0.15) is 0 Å². The van der Waals surface area contributed by atoms with Gasteiger partial charge in [-0.05, 0) is 36.0 Å². The molecule has 1 saturated heterocycles. The van der Waals surface area contributed by atoms with Crippen molar-refractivity contribution >= 4 is 0 Å². The Morgan fingerprint density at radius 2 is 1.31 bits per heavy atom. The van der Waals surface area contributed by atoms with E-state index < -0.39 is 11.6 Å². The maximum absolute atomic E-state index is 14.7. The highest BCUT2D eigenvalue weighted by Crippen LogP contribution is 2.33. The van der Waals surface area contributed by atoms with E-state index in [1.54, 1.807) is 24.3 Å². The summed E-state index contributed by atoms with van der Waals surface area (Å²) in [6, 6.07) is 19.9. The zero-order valence-electron chi connectivity index (χ0n) is 14.4. The molecule has 132 valence electrons. The number of hydrogen-bond acceptors (Lipinski definition) is 1. The van der Waals surface area contributed by atoms with E-state index in [1.807, 2.05) is 42.5 Å². The lowest BCUT2D eigenvalue weighted by Gasteiger charge is -2.23. The number of benzene rings is 3. The Hall–Kier alpha value is -2.52. The molecule has 0 bridgehead atoms. The number of halogens is 2. The Bertz CT molecular complexity index is 882. The lowest BCUT2D eigenvalue weighted by atomic mass is 9.96. The molecule has 3 heteroatoms. The van der Waals surface area contributed by atoms with Gasteiger partial charge in [0.05, 0.1) is 6.10 Å². The number of rotatable bonds is 3. The third-order valence-electron chi connectivity index (χ3n) is 4.94. The van der Waals surface area contributed by atoms with Crippen molar-refractivity contribution in [3.05, 3.63) is 83.9 Å². The molecule has 0 spiro atoms. The van der Waals surface area contributed by atoms with Gasteiger partial charge in [-0.3, -0.25) is 0 Å². The van der Waals surface area contributed by atoms with E-state index in [1.165, 1.54) is 0 Å². The molecular formula is C23H20F2O. The van der Waals surface area contributed by atoms with Crippen LogP contribution in [0.2, 0.25) is 0 Å². The topological polar surface area (TPSA) is 9.23 Å². The predicted molar refractivity (Wildman–Crippen MR) is 99.8 cm³/mol. The van der Waals surface area contributed by atoms with Crippen LogP contribution in [0.1, 0.15) is 30.9 Å². The summed E-state index contributed by atoms with van der Waals surface area (Å²) >= 11 is 0. The molecule has 1 atom stereocenters. The van der Waals surface area contributed by atoms with Gasteiger partial charge in [0.2, 0.25) is 0 Å². The van der Waals surface area contributed by atoms with Gasteiger partial charge in [-0.1, -0.05) is 66.7 Å². The van der Waals surface area contributed by atoms with E-state index in [2.05, 4.69) is 0 Å². The highest BCUT2D eigenvalue weighted by molar-refractivity contribution is 5.71. The van der Waals surface area contributed by atoms with Crippen molar-refractivity contribution in [2.24, 2.45) is 0 Å². The zero-order valence-corrected chi connectivity index (χ0v) is 14.4. The summed E-state index contributed by atoms with van der Waals surface area (Å²) in [5.41, 5.74) is 2.98. The third kappa shape index (κ3) is 3.27. The molecule has 1 aliphatic heterocycles. The maximum atomic E-state index is 14.7. The van der Waals surface area contributed by atoms with Crippen molar-refractivity contribution in [2.45, 2.75) is 25.4 Å². The van der Waals surface area contributed by atoms with Crippen LogP contribution in [0.3, 0.4) is 0 Å². The smallest absolute Gasteiger partial charge is 0.167 e. The average molecular weight is 350 g/mol. The number of hydrogen-bond donors (Lipinski definition) is 0. The molecule has 3 aromatic rings. The van der Waals surface area contributed by atoms with Crippen LogP contribution in [-0.2, 0) is 4.74 Å². The standard InChI is InChI=1S/C23H20F2O/c24-22-19(16-6-2-1-3-7-16)13-14-20(23(22)25)17-9-11-18(12-10-17)21-8-4-5-15-26-21/h1-3,6-7,9-14,21H,4-5,8,15H2. The van der Waals surface area contributed by atoms with Crippen LogP contribution in [0, 0.1) is 11.6 Å². The molecule has 26 heavy (non-hydrogen) atoms. The lowest BCUT2D eigenvalue weighted by molar-refractivity contribution is 0.0149. The molecule has 1 nitrogen and oxygen atoms in total. The first-order valence-corrected chi connectivity index (χ1v) is 8.99. The summed E-state index contributed by atoms with van der Waals surface area (Å²) in [7, 11) is 0. The van der Waals surface area contributed by atoms with Crippen molar-refractivity contribution in [3.63, 3.8) is 0 Å². The molecule has 0 saturated carbocycles. The fourth-order valence-electron chi connectivity index (χ4n) is 3.49. The van der Waals surface area contributed by atoms with E-state index in [0.29, 0.717) is 11.1 Å². The summed E-state index contributed by atoms with van der Waals surface area (Å²) in [6.45, 7) is 0.785. The highest BCUT2D eigenvalue weighted by Gasteiger charge is 2.18. The molecule has 0 aromatic heterocycles. The van der Waals surface area contributed by atoms with Crippen molar-refractivity contribution in [1.29, 1.82) is 0 Å². The second-order valence-electron chi connectivity index (χ2n) is 6.63. The van der Waals surface area contributed by atoms with Crippen molar-refractivity contribution < 1.29 is 13.5 Å². The van der Waals surface area contributed by atoms with E-state index in [-0.39, 0.29) is 17.2 Å². The largest absolute Gasteiger partial charge is 0.374 e. The molecule has 0 N–H and O–H groups in total. The SMILES string of the molecule is Fc1c(-c2ccccc2)ccc(-c2ccc(C3CCCCO3)cc2)c1F. The van der Waals surface area contributed by atoms with Crippen LogP contribution in [0.15, 0.2) is 66.7 Å². The molecule has 0 radical (unpaired) electrons. The Morgan fingerprint density at radius 1 is 0.692 bits per heavy atom. The van der Waals surface area contributed by atoms with Gasteiger partial charge < -0.3 is 4.74 Å². The van der Waals surface area contributed by atoms with Crippen LogP contribution in [0.5, 0.6) is 0 Å². The molecule has 0 amide bonds. The minimum atomic E-state index is -0.812. The van der Waals surface area contributed by atoms with Gasteiger partial charge in [0, 0.05) is 17.7 Å². The van der Waals surface area contributed by atoms with Crippen LogP contribution in [-0.4, -0.2) is 6.61 Å². The summed E-state index contributed by atoms with van der Waals surface area (Å²) in [5.74, 6) is -1.62. The Balaban J connectivity index is 1.64. The predicted octanol–water partition coefficient (Wildman–Crippen LogP) is 6.54. The second-order valence-corrected chi connectivity index (χ2v) is 6.63. The first kappa shape index (κ1) is 16.9. The minimum Gasteiger partial charge on any atom is -0.374 e. The molecule has 0 aliphatic carbocycles. The monoisotopic (exact) mass is 350 g/mol. The van der Waals surface area contributed by atoms with Crippen molar-refractivity contribution in [3.8, 4) is 22.3 Å². The van der Waals surface area contributed by atoms with Gasteiger partial charge in [-0.25, -0.2) is 8.78 Å². The number of ether oxygens (including phenoxy) is 1. The van der Waals surface area contributed by atoms with Crippen LogP contribution in [0.25, 0.3) is 22.3 Å². The summed E-state index contributed by atoms with van der Waals surface area (Å²) < 4.78 is 35.1. The fraction of sp³-hybridized carbons (Fsp3) is 0.217. The Kier molecular flexibility index (Phi) is 4.81. The van der Waals surface area contributed by atoms with Gasteiger partial charge in [-0.15, -0.1) is 0 Å². The molecule has 1 aliphatic rings. The zero-order chi connectivity index (χ0) is 17.9. The minimum absolute atomic E-state index is 0.111. The third-order valence-corrected chi connectivity index (χ3v) is 4.94. The van der Waals surface area contributed by atoms with Gasteiger partial charge in [0.25, 0.3) is 0 Å². The molecule has 3 aromatic carbocycles. The second kappa shape index (κ2) is 7.38. The molecule has 1 unspecified atom stereocenters. The first-order chi connectivity index (χ1) is 12.7. The van der Waals surface area contributed by atoms with Crippen LogP contribution in [0.4, 0.5) is 8.78 Å². The van der Waals surface area contributed by atoms with E-state index >= 15 is 0 Å². The highest BCUT2D eigenvalue weighted by atomic mass is 19.2. The van der Waals surface area contributed by atoms with E-state index in [9.17, 15) is 8.78 Å². The van der Waals surface area contributed by atoms with Gasteiger partial charge in [-0.2, -0.15) is 0 Å². The lowest BCUT2D eigenvalue weighted by Crippen LogP contribution is -2.11.